The second-order valence-electron chi connectivity index (χ2n) is 12.8. The van der Waals surface area contributed by atoms with Crippen LogP contribution >= 0.6 is 22.7 Å². The van der Waals surface area contributed by atoms with Crippen LogP contribution in [0.4, 0.5) is 0 Å². The van der Waals surface area contributed by atoms with Crippen LogP contribution in [0.2, 0.25) is 0 Å². The summed E-state index contributed by atoms with van der Waals surface area (Å²) in [5.41, 5.74) is 6.99. The zero-order valence-corrected chi connectivity index (χ0v) is 28.6. The molecule has 6 heteroatoms. The normalized spacial score (nSPS) is 11.9. The van der Waals surface area contributed by atoms with Crippen molar-refractivity contribution >= 4 is 85.0 Å². The summed E-state index contributed by atoms with van der Waals surface area (Å²) in [6.45, 7) is 0. The Kier molecular flexibility index (Phi) is 6.26. The summed E-state index contributed by atoms with van der Waals surface area (Å²) in [6, 6.07) is 53.2. The van der Waals surface area contributed by atoms with Gasteiger partial charge in [0.15, 0.2) is 17.5 Å². The molecule has 0 unspecified atom stereocenters. The Morgan fingerprint density at radius 2 is 1.00 bits per heavy atom. The number of thiophene rings is 2. The molecule has 0 saturated carbocycles. The van der Waals surface area contributed by atoms with E-state index in [1.807, 2.05) is 77.3 Å². The highest BCUT2D eigenvalue weighted by Gasteiger charge is 2.18. The molecule has 4 aromatic heterocycles. The predicted octanol–water partition coefficient (Wildman–Crippen LogP) is 13.2. The fraction of sp³-hybridized carbons (Fsp3) is 0. The average molecular weight is 688 g/mol. The van der Waals surface area contributed by atoms with Gasteiger partial charge in [-0.1, -0.05) is 115 Å². The molecule has 0 aliphatic rings. The number of hydrogen-bond acceptors (Lipinski definition) is 6. The first-order chi connectivity index (χ1) is 25.2. The van der Waals surface area contributed by atoms with Crippen molar-refractivity contribution in [2.24, 2.45) is 0 Å². The van der Waals surface area contributed by atoms with Crippen LogP contribution in [0.5, 0.6) is 0 Å². The molecule has 11 rings (SSSR count). The Hall–Kier alpha value is -6.21. The Labute approximate surface area is 299 Å². The number of nitrogens with zero attached hydrogens (tertiary/aromatic N) is 3. The Balaban J connectivity index is 1.08. The number of para-hydroxylation sites is 1. The lowest BCUT2D eigenvalue weighted by molar-refractivity contribution is 0.669. The van der Waals surface area contributed by atoms with Gasteiger partial charge >= 0.3 is 0 Å². The van der Waals surface area contributed by atoms with E-state index in [1.54, 1.807) is 0 Å². The van der Waals surface area contributed by atoms with Crippen molar-refractivity contribution in [2.75, 3.05) is 0 Å². The quantitative estimate of drug-likeness (QED) is 0.185. The molecule has 238 valence electrons. The molecule has 51 heavy (non-hydrogen) atoms. The van der Waals surface area contributed by atoms with Crippen LogP contribution in [0.3, 0.4) is 0 Å². The SMILES string of the molecule is c1ccc(-c2nc(-c3ccc4c(c3)oc3ccccc34)nc(-c3ccc4c(c3)sc3cccc(-c5cccc6c5sc5ccccc56)c34)n2)cc1. The van der Waals surface area contributed by atoms with E-state index in [4.69, 9.17) is 19.4 Å². The zero-order valence-electron chi connectivity index (χ0n) is 27.0. The number of rotatable bonds is 4. The van der Waals surface area contributed by atoms with Gasteiger partial charge in [0.25, 0.3) is 0 Å². The van der Waals surface area contributed by atoms with Crippen molar-refractivity contribution < 1.29 is 4.42 Å². The number of aromatic nitrogens is 3. The van der Waals surface area contributed by atoms with Crippen LogP contribution in [0.1, 0.15) is 0 Å². The van der Waals surface area contributed by atoms with E-state index in [0.29, 0.717) is 17.5 Å². The maximum absolute atomic E-state index is 6.23. The van der Waals surface area contributed by atoms with Gasteiger partial charge in [-0.05, 0) is 42.0 Å². The predicted molar refractivity (Wildman–Crippen MR) is 215 cm³/mol. The number of furan rings is 1. The van der Waals surface area contributed by atoms with Crippen LogP contribution in [0.15, 0.2) is 156 Å². The molecular formula is C45H25N3OS2. The number of hydrogen-bond donors (Lipinski definition) is 0. The summed E-state index contributed by atoms with van der Waals surface area (Å²) in [4.78, 5) is 15.1. The summed E-state index contributed by atoms with van der Waals surface area (Å²) in [7, 11) is 0. The summed E-state index contributed by atoms with van der Waals surface area (Å²) in [5.74, 6) is 1.88. The second-order valence-corrected chi connectivity index (χ2v) is 14.9. The highest BCUT2D eigenvalue weighted by molar-refractivity contribution is 7.26. The van der Waals surface area contributed by atoms with Gasteiger partial charge in [-0.25, -0.2) is 15.0 Å². The molecule has 0 spiro atoms. The monoisotopic (exact) mass is 687 g/mol. The molecule has 0 radical (unpaired) electrons. The Bertz CT molecular complexity index is 3160. The van der Waals surface area contributed by atoms with Crippen LogP contribution in [-0.4, -0.2) is 15.0 Å². The molecule has 0 amide bonds. The lowest BCUT2D eigenvalue weighted by Crippen LogP contribution is -2.00. The molecule has 4 heterocycles. The van der Waals surface area contributed by atoms with Crippen molar-refractivity contribution in [3.05, 3.63) is 152 Å². The molecule has 4 nitrogen and oxygen atoms in total. The van der Waals surface area contributed by atoms with Gasteiger partial charge in [0, 0.05) is 73.4 Å². The zero-order chi connectivity index (χ0) is 33.5. The van der Waals surface area contributed by atoms with Crippen molar-refractivity contribution in [2.45, 2.75) is 0 Å². The van der Waals surface area contributed by atoms with E-state index in [9.17, 15) is 0 Å². The van der Waals surface area contributed by atoms with Crippen molar-refractivity contribution in [3.63, 3.8) is 0 Å². The van der Waals surface area contributed by atoms with Gasteiger partial charge in [0.2, 0.25) is 0 Å². The first kappa shape index (κ1) is 28.6. The summed E-state index contributed by atoms with van der Waals surface area (Å²) >= 11 is 3.69. The smallest absolute Gasteiger partial charge is 0.164 e. The average Bonchev–Trinajstić information content (AvgIpc) is 3.88. The lowest BCUT2D eigenvalue weighted by atomic mass is 9.97. The van der Waals surface area contributed by atoms with E-state index in [-0.39, 0.29) is 0 Å². The third-order valence-corrected chi connectivity index (χ3v) is 12.1. The highest BCUT2D eigenvalue weighted by atomic mass is 32.1. The Morgan fingerprint density at radius 3 is 1.86 bits per heavy atom. The topological polar surface area (TPSA) is 51.8 Å². The molecule has 11 aromatic rings. The van der Waals surface area contributed by atoms with Gasteiger partial charge in [-0.15, -0.1) is 22.7 Å². The first-order valence-electron chi connectivity index (χ1n) is 16.8. The molecule has 7 aromatic carbocycles. The van der Waals surface area contributed by atoms with Gasteiger partial charge in [-0.3, -0.25) is 0 Å². The van der Waals surface area contributed by atoms with E-state index < -0.39 is 0 Å². The highest BCUT2D eigenvalue weighted by Crippen LogP contribution is 2.46. The summed E-state index contributed by atoms with van der Waals surface area (Å²) < 4.78 is 11.3. The van der Waals surface area contributed by atoms with Crippen molar-refractivity contribution in [3.8, 4) is 45.3 Å². The van der Waals surface area contributed by atoms with Crippen molar-refractivity contribution in [1.29, 1.82) is 0 Å². The second kappa shape index (κ2) is 11.2. The van der Waals surface area contributed by atoms with Gasteiger partial charge in [0.1, 0.15) is 11.2 Å². The standard InChI is InChI=1S/C45H25N3OS2/c1-2-10-26(11-3-1)43-46-44(27-20-22-30-29-12-4-6-17-36(29)49-37(30)24-27)48-45(47-43)28-21-23-35-40(25-28)50-39-19-9-14-32(41(35)39)34-16-8-15-33-31-13-5-7-18-38(31)51-42(33)34/h1-25H. The molecule has 0 saturated heterocycles. The minimum atomic E-state index is 0.608. The number of fused-ring (bicyclic) bond motifs is 9. The van der Waals surface area contributed by atoms with E-state index in [0.717, 1.165) is 38.6 Å². The molecule has 0 aliphatic carbocycles. The third kappa shape index (κ3) is 4.54. The molecule has 0 bridgehead atoms. The minimum Gasteiger partial charge on any atom is -0.456 e. The van der Waals surface area contributed by atoms with Crippen LogP contribution in [-0.2, 0) is 0 Å². The maximum atomic E-state index is 6.23. The lowest BCUT2D eigenvalue weighted by Gasteiger charge is -2.09. The van der Waals surface area contributed by atoms with E-state index in [1.165, 1.54) is 51.5 Å². The largest absolute Gasteiger partial charge is 0.456 e. The molecule has 0 N–H and O–H groups in total. The van der Waals surface area contributed by atoms with Crippen LogP contribution in [0.25, 0.3) is 108 Å². The van der Waals surface area contributed by atoms with E-state index >= 15 is 0 Å². The third-order valence-electron chi connectivity index (χ3n) is 9.75. The molecule has 0 fully saturated rings. The molecular weight excluding hydrogens is 663 g/mol. The van der Waals surface area contributed by atoms with E-state index in [2.05, 4.69) is 97.1 Å². The molecule has 0 atom stereocenters. The van der Waals surface area contributed by atoms with Gasteiger partial charge in [-0.2, -0.15) is 0 Å². The minimum absolute atomic E-state index is 0.608. The van der Waals surface area contributed by atoms with Crippen molar-refractivity contribution in [1.82, 2.24) is 15.0 Å². The van der Waals surface area contributed by atoms with Gasteiger partial charge in [0.05, 0.1) is 0 Å². The fourth-order valence-corrected chi connectivity index (χ4v) is 9.77. The van der Waals surface area contributed by atoms with Gasteiger partial charge < -0.3 is 4.42 Å². The summed E-state index contributed by atoms with van der Waals surface area (Å²) in [6.07, 6.45) is 0. The van der Waals surface area contributed by atoms with Crippen LogP contribution < -0.4 is 0 Å². The fourth-order valence-electron chi connectivity index (χ4n) is 7.36. The maximum Gasteiger partial charge on any atom is 0.164 e. The number of benzene rings is 7. The Morgan fingerprint density at radius 1 is 0.373 bits per heavy atom. The first-order valence-corrected chi connectivity index (χ1v) is 18.5. The summed E-state index contributed by atoms with van der Waals surface area (Å²) in [5, 5.41) is 7.32. The molecule has 0 aliphatic heterocycles. The van der Waals surface area contributed by atoms with Crippen LogP contribution in [0, 0.1) is 0 Å².